The monoisotopic (exact) mass is 545 g/mol. The van der Waals surface area contributed by atoms with Gasteiger partial charge in [0.2, 0.25) is 5.91 Å². The summed E-state index contributed by atoms with van der Waals surface area (Å²) in [6.07, 6.45) is 0. The van der Waals surface area contributed by atoms with Crippen molar-refractivity contribution >= 4 is 48.9 Å². The second-order valence-corrected chi connectivity index (χ2v) is 11.8. The number of hydrogen-bond acceptors (Lipinski definition) is 5. The highest BCUT2D eigenvalue weighted by atomic mass is 32.2. The Kier molecular flexibility index (Phi) is 6.96. The van der Waals surface area contributed by atoms with E-state index >= 15 is 0 Å². The number of anilines is 2. The van der Waals surface area contributed by atoms with Gasteiger partial charge in [-0.2, -0.15) is 0 Å². The molecule has 9 heteroatoms. The van der Waals surface area contributed by atoms with E-state index in [1.165, 1.54) is 35.9 Å². The molecular formula is C29H24FN3O3S2. The molecule has 5 aromatic rings. The van der Waals surface area contributed by atoms with E-state index in [0.717, 1.165) is 36.7 Å². The lowest BCUT2D eigenvalue weighted by Crippen LogP contribution is -2.38. The van der Waals surface area contributed by atoms with Gasteiger partial charge in [0, 0.05) is 11.3 Å². The van der Waals surface area contributed by atoms with Crippen LogP contribution in [-0.2, 0) is 14.8 Å². The maximum atomic E-state index is 14.7. The van der Waals surface area contributed by atoms with Crippen LogP contribution in [-0.4, -0.2) is 25.9 Å². The fourth-order valence-electron chi connectivity index (χ4n) is 3.97. The first-order chi connectivity index (χ1) is 18.2. The molecule has 0 radical (unpaired) electrons. The third-order valence-electron chi connectivity index (χ3n) is 5.98. The summed E-state index contributed by atoms with van der Waals surface area (Å²) in [5, 5.41) is 3.58. The number of hydrogen-bond donors (Lipinski definition) is 1. The number of benzene rings is 4. The average molecular weight is 546 g/mol. The van der Waals surface area contributed by atoms with Crippen LogP contribution in [0.1, 0.15) is 11.1 Å². The number of rotatable bonds is 7. The van der Waals surface area contributed by atoms with Gasteiger partial charge in [0.1, 0.15) is 17.4 Å². The summed E-state index contributed by atoms with van der Waals surface area (Å²) in [5.41, 5.74) is 4.15. The van der Waals surface area contributed by atoms with Crippen molar-refractivity contribution in [3.8, 4) is 10.6 Å². The number of carbonyl (C=O) groups excluding carboxylic acids is 1. The van der Waals surface area contributed by atoms with Crippen molar-refractivity contribution in [3.05, 3.63) is 108 Å². The lowest BCUT2D eigenvalue weighted by molar-refractivity contribution is -0.114. The Morgan fingerprint density at radius 3 is 2.32 bits per heavy atom. The number of nitrogens with zero attached hydrogens (tertiary/aromatic N) is 2. The number of nitrogens with one attached hydrogen (secondary N) is 1. The quantitative estimate of drug-likeness (QED) is 0.251. The lowest BCUT2D eigenvalue weighted by atomic mass is 10.2. The third-order valence-corrected chi connectivity index (χ3v) is 8.82. The molecule has 0 spiro atoms. The van der Waals surface area contributed by atoms with E-state index in [-0.39, 0.29) is 10.6 Å². The summed E-state index contributed by atoms with van der Waals surface area (Å²) in [4.78, 5) is 17.6. The Bertz CT molecular complexity index is 1730. The topological polar surface area (TPSA) is 79.4 Å². The minimum Gasteiger partial charge on any atom is -0.325 e. The zero-order valence-corrected chi connectivity index (χ0v) is 22.3. The van der Waals surface area contributed by atoms with Gasteiger partial charge in [0.25, 0.3) is 10.0 Å². The fraction of sp³-hybridized carbons (Fsp3) is 0.103. The lowest BCUT2D eigenvalue weighted by Gasteiger charge is -2.24. The summed E-state index contributed by atoms with van der Waals surface area (Å²) >= 11 is 1.59. The largest absolute Gasteiger partial charge is 0.325 e. The molecule has 1 amide bonds. The molecule has 0 aliphatic rings. The summed E-state index contributed by atoms with van der Waals surface area (Å²) < 4.78 is 43.5. The van der Waals surface area contributed by atoms with Crippen LogP contribution in [0.3, 0.4) is 0 Å². The SMILES string of the molecule is Cc1ccc(S(=O)(=O)N(CC(=O)Nc2ccc(-c3nc4ccc(C)cc4s3)cc2)c2ccccc2F)cc1. The van der Waals surface area contributed by atoms with E-state index in [9.17, 15) is 17.6 Å². The number of aromatic nitrogens is 1. The van der Waals surface area contributed by atoms with Crippen molar-refractivity contribution in [2.24, 2.45) is 0 Å². The molecule has 0 atom stereocenters. The molecule has 0 saturated heterocycles. The molecule has 192 valence electrons. The molecule has 0 unspecified atom stereocenters. The van der Waals surface area contributed by atoms with Gasteiger partial charge in [-0.25, -0.2) is 17.8 Å². The second-order valence-electron chi connectivity index (χ2n) is 8.89. The first-order valence-electron chi connectivity index (χ1n) is 11.8. The van der Waals surface area contributed by atoms with Gasteiger partial charge in [-0.15, -0.1) is 11.3 Å². The third kappa shape index (κ3) is 5.29. The molecule has 4 aromatic carbocycles. The predicted octanol–water partition coefficient (Wildman–Crippen LogP) is 6.55. The van der Waals surface area contributed by atoms with Gasteiger partial charge < -0.3 is 5.32 Å². The van der Waals surface area contributed by atoms with E-state index in [2.05, 4.69) is 16.4 Å². The van der Waals surface area contributed by atoms with Crippen LogP contribution in [0, 0.1) is 19.7 Å². The van der Waals surface area contributed by atoms with Gasteiger partial charge >= 0.3 is 0 Å². The van der Waals surface area contributed by atoms with Crippen LogP contribution >= 0.6 is 11.3 Å². The normalized spacial score (nSPS) is 11.4. The molecule has 1 N–H and O–H groups in total. The van der Waals surface area contributed by atoms with Crippen LogP contribution in [0.15, 0.2) is 95.9 Å². The summed E-state index contributed by atoms with van der Waals surface area (Å²) in [5.74, 6) is -1.35. The van der Waals surface area contributed by atoms with E-state index < -0.39 is 28.3 Å². The van der Waals surface area contributed by atoms with Gasteiger partial charge in [-0.1, -0.05) is 35.9 Å². The minimum atomic E-state index is -4.21. The van der Waals surface area contributed by atoms with E-state index in [1.54, 1.807) is 35.6 Å². The molecule has 0 aliphatic carbocycles. The molecule has 0 aliphatic heterocycles. The maximum Gasteiger partial charge on any atom is 0.264 e. The van der Waals surface area contributed by atoms with Crippen LogP contribution in [0.5, 0.6) is 0 Å². The number of amides is 1. The van der Waals surface area contributed by atoms with Crippen molar-refractivity contribution in [1.82, 2.24) is 4.98 Å². The Balaban J connectivity index is 1.37. The Morgan fingerprint density at radius 1 is 0.921 bits per heavy atom. The van der Waals surface area contributed by atoms with Crippen LogP contribution in [0.2, 0.25) is 0 Å². The molecule has 0 fully saturated rings. The molecule has 6 nitrogen and oxygen atoms in total. The van der Waals surface area contributed by atoms with Crippen LogP contribution in [0.25, 0.3) is 20.8 Å². The molecule has 5 rings (SSSR count). The molecule has 0 saturated carbocycles. The standard InChI is InChI=1S/C29H24FN3O3S2/c1-19-7-14-23(15-8-19)38(35,36)33(26-6-4-3-5-24(26)30)18-28(34)31-22-12-10-21(11-13-22)29-32-25-16-9-20(2)17-27(25)37-29/h3-17H,18H2,1-2H3,(H,31,34). The summed E-state index contributed by atoms with van der Waals surface area (Å²) in [6, 6.07) is 24.9. The number of halogens is 1. The van der Waals surface area contributed by atoms with Crippen molar-refractivity contribution in [3.63, 3.8) is 0 Å². The van der Waals surface area contributed by atoms with Gasteiger partial charge in [0.05, 0.1) is 20.8 Å². The first kappa shape index (κ1) is 25.6. The fourth-order valence-corrected chi connectivity index (χ4v) is 6.47. The Morgan fingerprint density at radius 2 is 1.61 bits per heavy atom. The van der Waals surface area contributed by atoms with Crippen molar-refractivity contribution < 1.29 is 17.6 Å². The van der Waals surface area contributed by atoms with Crippen LogP contribution < -0.4 is 9.62 Å². The highest BCUT2D eigenvalue weighted by Gasteiger charge is 2.29. The molecular weight excluding hydrogens is 521 g/mol. The zero-order valence-electron chi connectivity index (χ0n) is 20.7. The Labute approximate surface area is 224 Å². The van der Waals surface area contributed by atoms with Gasteiger partial charge in [0.15, 0.2) is 0 Å². The number of fused-ring (bicyclic) bond motifs is 1. The highest BCUT2D eigenvalue weighted by Crippen LogP contribution is 2.31. The van der Waals surface area contributed by atoms with Crippen LogP contribution in [0.4, 0.5) is 15.8 Å². The molecule has 0 bridgehead atoms. The second kappa shape index (κ2) is 10.4. The predicted molar refractivity (Wildman–Crippen MR) is 151 cm³/mol. The van der Waals surface area contributed by atoms with E-state index in [0.29, 0.717) is 5.69 Å². The minimum absolute atomic E-state index is 0.0328. The van der Waals surface area contributed by atoms with Gasteiger partial charge in [-0.05, 0) is 80.1 Å². The van der Waals surface area contributed by atoms with Gasteiger partial charge in [-0.3, -0.25) is 9.10 Å². The first-order valence-corrected chi connectivity index (χ1v) is 14.1. The number of carbonyl (C=O) groups is 1. The van der Waals surface area contributed by atoms with Crippen molar-refractivity contribution in [2.75, 3.05) is 16.2 Å². The van der Waals surface area contributed by atoms with Crippen molar-refractivity contribution in [2.45, 2.75) is 18.7 Å². The number of thiazole rings is 1. The average Bonchev–Trinajstić information content (AvgIpc) is 3.32. The zero-order chi connectivity index (χ0) is 26.9. The number of aryl methyl sites for hydroxylation is 2. The molecule has 1 heterocycles. The van der Waals surface area contributed by atoms with E-state index in [4.69, 9.17) is 0 Å². The Hall–Kier alpha value is -4.08. The smallest absolute Gasteiger partial charge is 0.264 e. The molecule has 38 heavy (non-hydrogen) atoms. The highest BCUT2D eigenvalue weighted by molar-refractivity contribution is 7.92. The number of sulfonamides is 1. The summed E-state index contributed by atoms with van der Waals surface area (Å²) in [7, 11) is -4.21. The maximum absolute atomic E-state index is 14.7. The summed E-state index contributed by atoms with van der Waals surface area (Å²) in [6.45, 7) is 3.27. The number of para-hydroxylation sites is 1. The van der Waals surface area contributed by atoms with Crippen molar-refractivity contribution in [1.29, 1.82) is 0 Å². The molecule has 1 aromatic heterocycles. The van der Waals surface area contributed by atoms with E-state index in [1.807, 2.05) is 38.1 Å².